The lowest BCUT2D eigenvalue weighted by molar-refractivity contribution is -0.133. The summed E-state index contributed by atoms with van der Waals surface area (Å²) in [5, 5.41) is 13.7. The number of anilines is 1. The van der Waals surface area contributed by atoms with E-state index < -0.39 is 23.7 Å². The number of carbonyl (C=O) groups is 2. The fourth-order valence-electron chi connectivity index (χ4n) is 2.71. The second kappa shape index (κ2) is 5.68. The molecular weight excluding hydrogens is 318 g/mol. The van der Waals surface area contributed by atoms with Crippen molar-refractivity contribution in [2.45, 2.75) is 12.0 Å². The molecule has 2 aromatic rings. The number of nitrogens with one attached hydrogen (secondary N) is 1. The topological polar surface area (TPSA) is 75.6 Å². The molecule has 0 bridgehead atoms. The zero-order valence-electron chi connectivity index (χ0n) is 12.3. The van der Waals surface area contributed by atoms with Gasteiger partial charge in [-0.15, -0.1) is 0 Å². The number of amides is 1. The van der Waals surface area contributed by atoms with Gasteiger partial charge < -0.3 is 15.2 Å². The Kier molecular flexibility index (Phi) is 3.83. The summed E-state index contributed by atoms with van der Waals surface area (Å²) in [6.07, 6.45) is -0.396. The Balaban J connectivity index is 1.98. The van der Waals surface area contributed by atoms with Gasteiger partial charge >= 0.3 is 0 Å². The predicted octanol–water partition coefficient (Wildman–Crippen LogP) is 2.76. The number of hydrogen-bond acceptors (Lipinski definition) is 4. The predicted molar refractivity (Wildman–Crippen MR) is 85.9 cm³/mol. The first-order valence-electron chi connectivity index (χ1n) is 6.96. The summed E-state index contributed by atoms with van der Waals surface area (Å²) < 4.78 is 5.16. The van der Waals surface area contributed by atoms with Crippen LogP contribution in [0.4, 0.5) is 5.69 Å². The third kappa shape index (κ3) is 2.48. The standard InChI is InChI=1S/C17H14ClNO4/c1-23-14-8-3-2-5-10(14)13(20)9-17(22)11-6-4-7-12(18)15(11)19-16(17)21/h2-8,22H,9H2,1H3,(H,19,21)/t17-/m1/s1. The lowest BCUT2D eigenvalue weighted by Crippen LogP contribution is -2.36. The maximum atomic E-state index is 12.6. The number of carbonyl (C=O) groups excluding carboxylic acids is 2. The molecule has 0 fully saturated rings. The Hall–Kier alpha value is -2.37. The van der Waals surface area contributed by atoms with Gasteiger partial charge in [-0.05, 0) is 18.2 Å². The van der Waals surface area contributed by atoms with Crippen LogP contribution in [0.25, 0.3) is 0 Å². The molecule has 1 heterocycles. The third-order valence-corrected chi connectivity index (χ3v) is 4.21. The largest absolute Gasteiger partial charge is 0.496 e. The number of hydrogen-bond donors (Lipinski definition) is 2. The molecule has 2 N–H and O–H groups in total. The quantitative estimate of drug-likeness (QED) is 0.845. The summed E-state index contributed by atoms with van der Waals surface area (Å²) in [5.41, 5.74) is -0.988. The van der Waals surface area contributed by atoms with E-state index in [1.165, 1.54) is 7.11 Å². The molecule has 6 heteroatoms. The van der Waals surface area contributed by atoms with Crippen molar-refractivity contribution in [1.82, 2.24) is 0 Å². The lowest BCUT2D eigenvalue weighted by Gasteiger charge is -2.20. The van der Waals surface area contributed by atoms with E-state index in [9.17, 15) is 14.7 Å². The molecule has 3 rings (SSSR count). The van der Waals surface area contributed by atoms with Gasteiger partial charge in [-0.25, -0.2) is 0 Å². The summed E-state index contributed by atoms with van der Waals surface area (Å²) in [6.45, 7) is 0. The molecule has 0 spiro atoms. The highest BCUT2D eigenvalue weighted by Gasteiger charge is 2.47. The molecule has 1 aliphatic heterocycles. The number of rotatable bonds is 4. The Bertz CT molecular complexity index is 805. The molecule has 1 aliphatic rings. The van der Waals surface area contributed by atoms with Crippen LogP contribution in [0.5, 0.6) is 5.75 Å². The average molecular weight is 332 g/mol. The molecule has 0 aromatic heterocycles. The molecule has 1 amide bonds. The first-order valence-corrected chi connectivity index (χ1v) is 7.34. The van der Waals surface area contributed by atoms with Crippen molar-refractivity contribution in [2.75, 3.05) is 12.4 Å². The number of benzene rings is 2. The highest BCUT2D eigenvalue weighted by atomic mass is 35.5. The SMILES string of the molecule is COc1ccccc1C(=O)C[C@]1(O)C(=O)Nc2c(Cl)cccc21. The van der Waals surface area contributed by atoms with Crippen LogP contribution in [-0.4, -0.2) is 23.9 Å². The van der Waals surface area contributed by atoms with E-state index in [0.717, 1.165) is 0 Å². The molecular formula is C17H14ClNO4. The van der Waals surface area contributed by atoms with Crippen molar-refractivity contribution < 1.29 is 19.4 Å². The lowest BCUT2D eigenvalue weighted by atomic mass is 9.88. The van der Waals surface area contributed by atoms with Crippen LogP contribution in [0.2, 0.25) is 5.02 Å². The van der Waals surface area contributed by atoms with Crippen LogP contribution >= 0.6 is 11.6 Å². The third-order valence-electron chi connectivity index (χ3n) is 3.90. The van der Waals surface area contributed by atoms with Crippen LogP contribution in [0, 0.1) is 0 Å². The first-order chi connectivity index (χ1) is 11.0. The fourth-order valence-corrected chi connectivity index (χ4v) is 2.93. The van der Waals surface area contributed by atoms with E-state index in [4.69, 9.17) is 16.3 Å². The second-order valence-corrected chi connectivity index (χ2v) is 5.68. The number of para-hydroxylation sites is 2. The Morgan fingerprint density at radius 3 is 2.74 bits per heavy atom. The number of fused-ring (bicyclic) bond motifs is 1. The fraction of sp³-hybridized carbons (Fsp3) is 0.176. The van der Waals surface area contributed by atoms with Gasteiger partial charge in [-0.1, -0.05) is 35.9 Å². The summed E-state index contributed by atoms with van der Waals surface area (Å²) in [6, 6.07) is 11.5. The zero-order valence-corrected chi connectivity index (χ0v) is 13.1. The average Bonchev–Trinajstić information content (AvgIpc) is 2.80. The number of aliphatic hydroxyl groups is 1. The van der Waals surface area contributed by atoms with Crippen molar-refractivity contribution in [3.63, 3.8) is 0 Å². The van der Waals surface area contributed by atoms with Crippen molar-refractivity contribution in [1.29, 1.82) is 0 Å². The van der Waals surface area contributed by atoms with Gasteiger partial charge in [0.05, 0.1) is 29.8 Å². The minimum atomic E-state index is -1.95. The van der Waals surface area contributed by atoms with E-state index in [1.807, 2.05) is 0 Å². The Labute approximate surface area is 137 Å². The number of ketones is 1. The minimum Gasteiger partial charge on any atom is -0.496 e. The van der Waals surface area contributed by atoms with Crippen molar-refractivity contribution in [2.24, 2.45) is 0 Å². The Morgan fingerprint density at radius 2 is 2.00 bits per heavy atom. The molecule has 2 aromatic carbocycles. The van der Waals surface area contributed by atoms with Crippen LogP contribution in [0.1, 0.15) is 22.3 Å². The molecule has 0 radical (unpaired) electrons. The maximum absolute atomic E-state index is 12.6. The second-order valence-electron chi connectivity index (χ2n) is 5.28. The Morgan fingerprint density at radius 1 is 1.26 bits per heavy atom. The highest BCUT2D eigenvalue weighted by Crippen LogP contribution is 2.42. The number of Topliss-reactive ketones (excluding diaryl/α,β-unsaturated/α-hetero) is 1. The summed E-state index contributed by atoms with van der Waals surface area (Å²) >= 11 is 6.03. The normalized spacial score (nSPS) is 19.2. The summed E-state index contributed by atoms with van der Waals surface area (Å²) in [5.74, 6) is -0.664. The van der Waals surface area contributed by atoms with Crippen molar-refractivity contribution >= 4 is 29.0 Å². The van der Waals surface area contributed by atoms with Gasteiger partial charge in [0, 0.05) is 5.56 Å². The molecule has 0 saturated carbocycles. The van der Waals surface area contributed by atoms with Crippen LogP contribution in [0.3, 0.4) is 0 Å². The van der Waals surface area contributed by atoms with Gasteiger partial charge in [0.15, 0.2) is 11.4 Å². The van der Waals surface area contributed by atoms with E-state index >= 15 is 0 Å². The van der Waals surface area contributed by atoms with E-state index in [0.29, 0.717) is 27.6 Å². The van der Waals surface area contributed by atoms with E-state index in [-0.39, 0.29) is 0 Å². The van der Waals surface area contributed by atoms with Crippen molar-refractivity contribution in [3.05, 3.63) is 58.6 Å². The van der Waals surface area contributed by atoms with Crippen LogP contribution in [0.15, 0.2) is 42.5 Å². The molecule has 0 saturated heterocycles. The molecule has 118 valence electrons. The maximum Gasteiger partial charge on any atom is 0.261 e. The van der Waals surface area contributed by atoms with Crippen molar-refractivity contribution in [3.8, 4) is 5.75 Å². The highest BCUT2D eigenvalue weighted by molar-refractivity contribution is 6.34. The summed E-state index contributed by atoms with van der Waals surface area (Å²) in [7, 11) is 1.46. The van der Waals surface area contributed by atoms with Gasteiger partial charge in [0.1, 0.15) is 5.75 Å². The molecule has 0 aliphatic carbocycles. The zero-order chi connectivity index (χ0) is 16.6. The van der Waals surface area contributed by atoms with Crippen LogP contribution in [-0.2, 0) is 10.4 Å². The molecule has 1 atom stereocenters. The minimum absolute atomic E-state index is 0.304. The van der Waals surface area contributed by atoms with E-state index in [2.05, 4.69) is 5.32 Å². The van der Waals surface area contributed by atoms with Gasteiger partial charge in [0.25, 0.3) is 5.91 Å². The molecule has 5 nitrogen and oxygen atoms in total. The monoisotopic (exact) mass is 331 g/mol. The molecule has 0 unspecified atom stereocenters. The van der Waals surface area contributed by atoms with Gasteiger partial charge in [-0.3, -0.25) is 9.59 Å². The van der Waals surface area contributed by atoms with Gasteiger partial charge in [0.2, 0.25) is 0 Å². The van der Waals surface area contributed by atoms with Crippen LogP contribution < -0.4 is 10.1 Å². The number of methoxy groups -OCH3 is 1. The smallest absolute Gasteiger partial charge is 0.261 e. The number of ether oxygens (including phenoxy) is 1. The number of halogens is 1. The summed E-state index contributed by atoms with van der Waals surface area (Å²) in [4.78, 5) is 24.8. The van der Waals surface area contributed by atoms with E-state index in [1.54, 1.807) is 42.5 Å². The first kappa shape index (κ1) is 15.5. The van der Waals surface area contributed by atoms with Gasteiger partial charge in [-0.2, -0.15) is 0 Å². The molecule has 23 heavy (non-hydrogen) atoms.